The minimum atomic E-state index is -0.634. The van der Waals surface area contributed by atoms with Gasteiger partial charge in [0.1, 0.15) is 17.5 Å². The summed E-state index contributed by atoms with van der Waals surface area (Å²) < 4.78 is 10.9. The highest BCUT2D eigenvalue weighted by molar-refractivity contribution is 5.93. The van der Waals surface area contributed by atoms with Gasteiger partial charge in [-0.15, -0.1) is 0 Å². The summed E-state index contributed by atoms with van der Waals surface area (Å²) in [4.78, 5) is 35.0. The van der Waals surface area contributed by atoms with E-state index in [0.717, 1.165) is 83.2 Å². The van der Waals surface area contributed by atoms with Gasteiger partial charge in [-0.1, -0.05) is 12.1 Å². The molecule has 49 heavy (non-hydrogen) atoms. The molecule has 0 bridgehead atoms. The molecule has 4 rings (SSSR count). The van der Waals surface area contributed by atoms with Crippen molar-refractivity contribution in [2.75, 3.05) is 44.5 Å². The van der Waals surface area contributed by atoms with Gasteiger partial charge in [-0.2, -0.15) is 0 Å². The van der Waals surface area contributed by atoms with E-state index in [0.29, 0.717) is 26.1 Å². The summed E-state index contributed by atoms with van der Waals surface area (Å²) >= 11 is 0. The van der Waals surface area contributed by atoms with Crippen LogP contribution in [0.1, 0.15) is 58.8 Å². The Morgan fingerprint density at radius 3 is 1.78 bits per heavy atom. The number of amides is 3. The van der Waals surface area contributed by atoms with E-state index in [1.807, 2.05) is 48.5 Å². The summed E-state index contributed by atoms with van der Waals surface area (Å²) in [5.74, 6) is 1.34. The molecule has 0 fully saturated rings. The van der Waals surface area contributed by atoms with Crippen molar-refractivity contribution in [3.05, 3.63) is 60.9 Å². The average molecular weight is 673 g/mol. The number of nitrogens with two attached hydrogens (primary N) is 1. The van der Waals surface area contributed by atoms with Crippen LogP contribution in [-0.2, 0) is 4.79 Å². The zero-order chi connectivity index (χ0) is 35.0. The van der Waals surface area contributed by atoms with E-state index in [4.69, 9.17) is 15.2 Å². The Morgan fingerprint density at radius 2 is 1.27 bits per heavy atom. The third-order valence-corrected chi connectivity index (χ3v) is 8.41. The van der Waals surface area contributed by atoms with Crippen LogP contribution in [0, 0.1) is 0 Å². The van der Waals surface area contributed by atoms with Gasteiger partial charge in [-0.05, 0) is 89.6 Å². The Hall–Kier alpha value is -4.84. The van der Waals surface area contributed by atoms with Crippen molar-refractivity contribution in [3.8, 4) is 11.5 Å². The first-order valence-corrected chi connectivity index (χ1v) is 17.2. The van der Waals surface area contributed by atoms with Crippen molar-refractivity contribution in [2.45, 2.75) is 76.9 Å². The summed E-state index contributed by atoms with van der Waals surface area (Å²) in [6.07, 6.45) is 8.79. The maximum absolute atomic E-state index is 13.1. The van der Waals surface area contributed by atoms with Gasteiger partial charge in [0.25, 0.3) is 0 Å². The number of fused-ring (bicyclic) bond motifs is 2. The molecule has 0 radical (unpaired) electrons. The van der Waals surface area contributed by atoms with Gasteiger partial charge in [-0.25, -0.2) is 4.79 Å². The summed E-state index contributed by atoms with van der Waals surface area (Å²) in [6, 6.07) is 15.0. The molecule has 0 aliphatic rings. The molecule has 264 valence electrons. The molecule has 0 saturated carbocycles. The predicted molar refractivity (Wildman–Crippen MR) is 197 cm³/mol. The minimum absolute atomic E-state index is 0.140. The molecule has 12 heteroatoms. The summed E-state index contributed by atoms with van der Waals surface area (Å²) in [6.45, 7) is 5.72. The second-order valence-corrected chi connectivity index (χ2v) is 12.4. The first kappa shape index (κ1) is 37.0. The number of urea groups is 1. The number of ether oxygens (including phenoxy) is 2. The summed E-state index contributed by atoms with van der Waals surface area (Å²) in [5, 5.41) is 17.9. The van der Waals surface area contributed by atoms with E-state index in [1.54, 1.807) is 26.6 Å². The first-order valence-electron chi connectivity index (χ1n) is 17.2. The van der Waals surface area contributed by atoms with Crippen molar-refractivity contribution < 1.29 is 19.1 Å². The Kier molecular flexibility index (Phi) is 14.5. The summed E-state index contributed by atoms with van der Waals surface area (Å²) in [5.41, 5.74) is 9.28. The summed E-state index contributed by atoms with van der Waals surface area (Å²) in [7, 11) is 3.30. The van der Waals surface area contributed by atoms with E-state index in [1.165, 1.54) is 0 Å². The fourth-order valence-electron chi connectivity index (χ4n) is 5.78. The third kappa shape index (κ3) is 11.4. The van der Waals surface area contributed by atoms with Crippen molar-refractivity contribution in [3.63, 3.8) is 0 Å². The number of nitrogens with one attached hydrogen (secondary N) is 5. The number of unbranched alkanes of at least 4 members (excludes halogenated alkanes) is 1. The van der Waals surface area contributed by atoms with E-state index in [2.05, 4.69) is 50.4 Å². The maximum atomic E-state index is 13.1. The van der Waals surface area contributed by atoms with E-state index >= 15 is 0 Å². The average Bonchev–Trinajstić information content (AvgIpc) is 3.11. The molecule has 0 spiro atoms. The second kappa shape index (κ2) is 19.2. The van der Waals surface area contributed by atoms with Gasteiger partial charge in [-0.3, -0.25) is 14.8 Å². The van der Waals surface area contributed by atoms with Crippen molar-refractivity contribution in [1.82, 2.24) is 25.9 Å². The van der Waals surface area contributed by atoms with Crippen LogP contribution in [0.5, 0.6) is 11.5 Å². The van der Waals surface area contributed by atoms with Crippen molar-refractivity contribution in [2.24, 2.45) is 5.73 Å². The molecular formula is C37H52N8O4. The number of nitrogens with zero attached hydrogens (tertiary/aromatic N) is 2. The third-order valence-electron chi connectivity index (χ3n) is 8.41. The lowest BCUT2D eigenvalue weighted by Crippen LogP contribution is -2.50. The van der Waals surface area contributed by atoms with Gasteiger partial charge in [0.05, 0.1) is 36.6 Å². The number of rotatable bonds is 20. The number of carbonyl (C=O) groups excluding carboxylic acids is 2. The minimum Gasteiger partial charge on any atom is -0.497 e. The Balaban J connectivity index is 1.19. The first-order chi connectivity index (χ1) is 23.8. The van der Waals surface area contributed by atoms with E-state index < -0.39 is 6.04 Å². The molecule has 0 aliphatic carbocycles. The molecule has 2 heterocycles. The molecule has 2 unspecified atom stereocenters. The molecule has 4 aromatic rings. The standard InChI is InChI=1S/C37H52N8O4/c1-25(43-32-23-29(48-3)21-27-13-9-17-39-34(27)32)11-7-19-41-36(46)31(15-5-6-16-38)45-37(47)42-20-8-12-26(2)44-33-24-30(49-4)22-28-14-10-18-40-35(28)33/h9-10,13-14,17-18,21-26,31,43-44H,5-8,11-12,15-16,19-20,38H2,1-4H3,(H,41,46)(H2,42,45,47)/t25?,26?,31-/m1/s1. The topological polar surface area (TPSA) is 165 Å². The molecule has 2 aromatic carbocycles. The molecule has 7 N–H and O–H groups in total. The van der Waals surface area contributed by atoms with E-state index in [-0.39, 0.29) is 24.0 Å². The van der Waals surface area contributed by atoms with Crippen LogP contribution in [0.4, 0.5) is 16.2 Å². The second-order valence-electron chi connectivity index (χ2n) is 12.4. The molecule has 12 nitrogen and oxygen atoms in total. The number of aromatic nitrogens is 2. The zero-order valence-electron chi connectivity index (χ0n) is 29.2. The number of benzene rings is 2. The number of hydrogen-bond acceptors (Lipinski definition) is 9. The monoisotopic (exact) mass is 672 g/mol. The highest BCUT2D eigenvalue weighted by Crippen LogP contribution is 2.29. The fraction of sp³-hybridized carbons (Fsp3) is 0.459. The van der Waals surface area contributed by atoms with Gasteiger partial charge in [0.15, 0.2) is 0 Å². The number of anilines is 2. The lowest BCUT2D eigenvalue weighted by Gasteiger charge is -2.20. The number of hydrogen-bond donors (Lipinski definition) is 6. The number of methoxy groups -OCH3 is 2. The smallest absolute Gasteiger partial charge is 0.315 e. The molecule has 3 atom stereocenters. The largest absolute Gasteiger partial charge is 0.497 e. The van der Waals surface area contributed by atoms with Crippen LogP contribution in [0.2, 0.25) is 0 Å². The Bertz CT molecular complexity index is 1650. The van der Waals surface area contributed by atoms with Gasteiger partial charge < -0.3 is 41.8 Å². The van der Waals surface area contributed by atoms with Crippen LogP contribution in [0.25, 0.3) is 21.8 Å². The normalized spacial score (nSPS) is 12.9. The van der Waals surface area contributed by atoms with Crippen LogP contribution in [-0.4, -0.2) is 73.9 Å². The van der Waals surface area contributed by atoms with Crippen LogP contribution in [0.15, 0.2) is 60.9 Å². The molecule has 2 aromatic heterocycles. The molecule has 3 amide bonds. The number of pyridine rings is 2. The highest BCUT2D eigenvalue weighted by Gasteiger charge is 2.20. The van der Waals surface area contributed by atoms with Gasteiger partial charge in [0, 0.05) is 60.5 Å². The predicted octanol–water partition coefficient (Wildman–Crippen LogP) is 5.57. The lowest BCUT2D eigenvalue weighted by atomic mass is 10.1. The molecule has 0 aliphatic heterocycles. The molecule has 0 saturated heterocycles. The lowest BCUT2D eigenvalue weighted by molar-refractivity contribution is -0.123. The Morgan fingerprint density at radius 1 is 0.735 bits per heavy atom. The fourth-order valence-corrected chi connectivity index (χ4v) is 5.78. The van der Waals surface area contributed by atoms with E-state index in [9.17, 15) is 9.59 Å². The van der Waals surface area contributed by atoms with Crippen LogP contribution in [0.3, 0.4) is 0 Å². The highest BCUT2D eigenvalue weighted by atomic mass is 16.5. The SMILES string of the molecule is COc1cc(NC(C)CCCNC(=O)N[C@H](CCCCN)C(=O)NCCCC(C)Nc2cc(OC)cc3cccnc23)c2ncccc2c1. The van der Waals surface area contributed by atoms with Gasteiger partial charge >= 0.3 is 6.03 Å². The van der Waals surface area contributed by atoms with Crippen LogP contribution < -0.4 is 41.8 Å². The van der Waals surface area contributed by atoms with Crippen molar-refractivity contribution in [1.29, 1.82) is 0 Å². The zero-order valence-corrected chi connectivity index (χ0v) is 29.2. The van der Waals surface area contributed by atoms with Crippen molar-refractivity contribution >= 4 is 45.1 Å². The van der Waals surface area contributed by atoms with Crippen LogP contribution >= 0.6 is 0 Å². The number of carbonyl (C=O) groups is 2. The van der Waals surface area contributed by atoms with Gasteiger partial charge in [0.2, 0.25) is 5.91 Å². The maximum Gasteiger partial charge on any atom is 0.315 e. The quantitative estimate of drug-likeness (QED) is 0.0658. The molecular weight excluding hydrogens is 620 g/mol. The Labute approximate surface area is 289 Å².